The van der Waals surface area contributed by atoms with Crippen molar-refractivity contribution in [1.82, 2.24) is 0 Å². The van der Waals surface area contributed by atoms with E-state index in [9.17, 15) is 0 Å². The summed E-state index contributed by atoms with van der Waals surface area (Å²) in [5.74, 6) is 0. The van der Waals surface area contributed by atoms with Gasteiger partial charge in [0.2, 0.25) is 0 Å². The summed E-state index contributed by atoms with van der Waals surface area (Å²) in [6.07, 6.45) is 4.13. The molecule has 0 radical (unpaired) electrons. The second-order valence-corrected chi connectivity index (χ2v) is 3.87. The molecule has 0 heterocycles. The minimum atomic E-state index is 0.0355. The highest BCUT2D eigenvalue weighted by Crippen LogP contribution is 2.16. The third-order valence-corrected chi connectivity index (χ3v) is 2.11. The number of hydrogen-bond acceptors (Lipinski definition) is 0. The van der Waals surface area contributed by atoms with Crippen LogP contribution in [0, 0.1) is 5.41 Å². The van der Waals surface area contributed by atoms with Crippen LogP contribution in [0.25, 0.3) is 12.7 Å². The molecule has 0 atom stereocenters. The molecule has 0 amide bonds. The average Bonchev–Trinajstić information content (AvgIpc) is 2.09. The van der Waals surface area contributed by atoms with Crippen molar-refractivity contribution in [3.05, 3.63) is 47.4 Å². The van der Waals surface area contributed by atoms with Crippen LogP contribution in [0.3, 0.4) is 0 Å². The molecule has 0 saturated heterocycles. The predicted octanol–water partition coefficient (Wildman–Crippen LogP) is 2.09. The van der Waals surface area contributed by atoms with Gasteiger partial charge in [0.15, 0.2) is 0 Å². The molecule has 1 aromatic rings. The van der Waals surface area contributed by atoms with Gasteiger partial charge in [0.05, 0.1) is 0 Å². The van der Waals surface area contributed by atoms with E-state index in [0.29, 0.717) is 0 Å². The Hall–Kier alpha value is -1.30. The zero-order valence-electron chi connectivity index (χ0n) is 8.38. The van der Waals surface area contributed by atoms with Gasteiger partial charge in [-0.15, -0.1) is 6.58 Å². The molecule has 0 nitrogen and oxygen atoms in total. The van der Waals surface area contributed by atoms with Crippen LogP contribution in [0.15, 0.2) is 36.9 Å². The van der Waals surface area contributed by atoms with E-state index < -0.39 is 0 Å². The van der Waals surface area contributed by atoms with Crippen LogP contribution in [-0.2, 0) is 0 Å². The summed E-state index contributed by atoms with van der Waals surface area (Å²) in [6.45, 7) is 12.0. The summed E-state index contributed by atoms with van der Waals surface area (Å²) in [5.41, 5.74) is 0.0355. The van der Waals surface area contributed by atoms with Gasteiger partial charge in [-0.05, 0) is 10.4 Å². The number of hydrogen-bond donors (Lipinski definition) is 0. The molecule has 68 valence electrons. The van der Waals surface area contributed by atoms with Gasteiger partial charge in [-0.1, -0.05) is 56.8 Å². The van der Waals surface area contributed by atoms with Crippen molar-refractivity contribution < 1.29 is 0 Å². The summed E-state index contributed by atoms with van der Waals surface area (Å²) in [6, 6.07) is 8.12. The van der Waals surface area contributed by atoms with Crippen molar-refractivity contribution in [2.24, 2.45) is 5.41 Å². The van der Waals surface area contributed by atoms with Crippen LogP contribution < -0.4 is 10.4 Å². The van der Waals surface area contributed by atoms with Crippen molar-refractivity contribution >= 4 is 12.7 Å². The molecule has 0 fully saturated rings. The van der Waals surface area contributed by atoms with Crippen LogP contribution in [-0.4, -0.2) is 0 Å². The van der Waals surface area contributed by atoms with E-state index >= 15 is 0 Å². The molecule has 0 spiro atoms. The number of allylic oxidation sites excluding steroid dienone is 1. The Balaban J connectivity index is 3.30. The molecular weight excluding hydrogens is 156 g/mol. The predicted molar refractivity (Wildman–Crippen MR) is 59.7 cm³/mol. The van der Waals surface area contributed by atoms with E-state index in [1.807, 2.05) is 24.3 Å². The summed E-state index contributed by atoms with van der Waals surface area (Å²) >= 11 is 0. The Morgan fingerprint density at radius 3 is 2.38 bits per heavy atom. The SMILES string of the molecule is C=CC(C)(C)/C=c1/ccccc1=C. The first-order chi connectivity index (χ1) is 6.05. The van der Waals surface area contributed by atoms with E-state index in [2.05, 4.69) is 39.1 Å². The van der Waals surface area contributed by atoms with Gasteiger partial charge in [-0.25, -0.2) is 0 Å². The van der Waals surface area contributed by atoms with E-state index in [0.717, 1.165) is 5.22 Å². The molecule has 0 unspecified atom stereocenters. The van der Waals surface area contributed by atoms with Gasteiger partial charge >= 0.3 is 0 Å². The van der Waals surface area contributed by atoms with Gasteiger partial charge in [0, 0.05) is 5.41 Å². The second kappa shape index (κ2) is 3.61. The monoisotopic (exact) mass is 172 g/mol. The summed E-state index contributed by atoms with van der Waals surface area (Å²) in [4.78, 5) is 0. The molecule has 0 aliphatic heterocycles. The van der Waals surface area contributed by atoms with Gasteiger partial charge in [-0.2, -0.15) is 0 Å². The van der Waals surface area contributed by atoms with E-state index in [4.69, 9.17) is 0 Å². The summed E-state index contributed by atoms with van der Waals surface area (Å²) < 4.78 is 0. The zero-order valence-corrected chi connectivity index (χ0v) is 8.38. The second-order valence-electron chi connectivity index (χ2n) is 3.87. The van der Waals surface area contributed by atoms with Crippen molar-refractivity contribution in [3.8, 4) is 0 Å². The van der Waals surface area contributed by atoms with E-state index in [1.54, 1.807) is 0 Å². The maximum atomic E-state index is 3.97. The molecule has 13 heavy (non-hydrogen) atoms. The average molecular weight is 172 g/mol. The van der Waals surface area contributed by atoms with Gasteiger partial charge in [0.1, 0.15) is 0 Å². The lowest BCUT2D eigenvalue weighted by Crippen LogP contribution is -2.24. The van der Waals surface area contributed by atoms with Crippen molar-refractivity contribution in [3.63, 3.8) is 0 Å². The van der Waals surface area contributed by atoms with E-state index in [-0.39, 0.29) is 5.41 Å². The smallest absolute Gasteiger partial charge is 0.00109 e. The minimum Gasteiger partial charge on any atom is -0.102 e. The van der Waals surface area contributed by atoms with Crippen molar-refractivity contribution in [2.75, 3.05) is 0 Å². The summed E-state index contributed by atoms with van der Waals surface area (Å²) in [5, 5.41) is 2.25. The molecule has 0 aliphatic carbocycles. The Morgan fingerprint density at radius 2 is 1.85 bits per heavy atom. The third-order valence-electron chi connectivity index (χ3n) is 2.11. The fraction of sp³-hybridized carbons (Fsp3) is 0.231. The molecule has 0 N–H and O–H groups in total. The maximum absolute atomic E-state index is 3.97. The van der Waals surface area contributed by atoms with Crippen LogP contribution in [0.4, 0.5) is 0 Å². The van der Waals surface area contributed by atoms with E-state index in [1.165, 1.54) is 5.22 Å². The van der Waals surface area contributed by atoms with Crippen molar-refractivity contribution in [1.29, 1.82) is 0 Å². The standard InChI is InChI=1S/C13H16/c1-5-13(3,4)10-12-9-7-6-8-11(12)2/h5-10H,1-2H2,3-4H3/b12-10-. The van der Waals surface area contributed by atoms with Gasteiger partial charge in [0.25, 0.3) is 0 Å². The minimum absolute atomic E-state index is 0.0355. The largest absolute Gasteiger partial charge is 0.102 e. The molecular formula is C13H16. The van der Waals surface area contributed by atoms with Crippen LogP contribution >= 0.6 is 0 Å². The highest BCUT2D eigenvalue weighted by molar-refractivity contribution is 5.35. The Kier molecular flexibility index (Phi) is 2.72. The normalized spacial score (nSPS) is 12.9. The quantitative estimate of drug-likeness (QED) is 0.599. The Labute approximate surface area is 79.9 Å². The Morgan fingerprint density at radius 1 is 1.23 bits per heavy atom. The van der Waals surface area contributed by atoms with Gasteiger partial charge < -0.3 is 0 Å². The highest BCUT2D eigenvalue weighted by atomic mass is 14.1. The van der Waals surface area contributed by atoms with Crippen LogP contribution in [0.2, 0.25) is 0 Å². The molecule has 0 saturated carbocycles. The fourth-order valence-corrected chi connectivity index (χ4v) is 1.13. The van der Waals surface area contributed by atoms with Crippen LogP contribution in [0.5, 0.6) is 0 Å². The topological polar surface area (TPSA) is 0 Å². The molecule has 1 rings (SSSR count). The zero-order chi connectivity index (χ0) is 9.90. The lowest BCUT2D eigenvalue weighted by molar-refractivity contribution is 0.671. The number of benzene rings is 1. The highest BCUT2D eigenvalue weighted by Gasteiger charge is 2.06. The van der Waals surface area contributed by atoms with Gasteiger partial charge in [-0.3, -0.25) is 0 Å². The maximum Gasteiger partial charge on any atom is 0.00109 e. The lowest BCUT2D eigenvalue weighted by atomic mass is 9.92. The molecule has 0 bridgehead atoms. The first kappa shape index (κ1) is 9.79. The molecule has 0 aromatic heterocycles. The fourth-order valence-electron chi connectivity index (χ4n) is 1.13. The molecule has 0 heteroatoms. The molecule has 0 aliphatic rings. The Bertz CT molecular complexity index is 396. The summed E-state index contributed by atoms with van der Waals surface area (Å²) in [7, 11) is 0. The number of rotatable bonds is 2. The van der Waals surface area contributed by atoms with Crippen molar-refractivity contribution in [2.45, 2.75) is 13.8 Å². The molecule has 1 aromatic carbocycles. The first-order valence-electron chi connectivity index (χ1n) is 4.46. The van der Waals surface area contributed by atoms with Crippen LogP contribution in [0.1, 0.15) is 13.8 Å². The lowest BCUT2D eigenvalue weighted by Gasteiger charge is -2.13. The first-order valence-corrected chi connectivity index (χ1v) is 4.46. The third kappa shape index (κ3) is 2.59.